The summed E-state index contributed by atoms with van der Waals surface area (Å²) in [5.41, 5.74) is 0.256. The first kappa shape index (κ1) is 12.3. The number of nitrogens with zero attached hydrogens (tertiary/aromatic N) is 2. The lowest BCUT2D eigenvalue weighted by Gasteiger charge is -2.16. The number of hydrogen-bond acceptors (Lipinski definition) is 4. The van der Waals surface area contributed by atoms with Gasteiger partial charge >= 0.3 is 0 Å². The van der Waals surface area contributed by atoms with E-state index in [-0.39, 0.29) is 10.7 Å². The van der Waals surface area contributed by atoms with Crippen LogP contribution in [0.1, 0.15) is 19.4 Å². The molecular formula is C13H14N2O3. The zero-order valence-corrected chi connectivity index (χ0v) is 10.3. The fourth-order valence-corrected chi connectivity index (χ4v) is 1.90. The van der Waals surface area contributed by atoms with E-state index in [4.69, 9.17) is 0 Å². The minimum atomic E-state index is -1.04. The van der Waals surface area contributed by atoms with Crippen molar-refractivity contribution >= 4 is 10.9 Å². The number of rotatable bonds is 3. The molecule has 0 spiro atoms. The molecule has 0 amide bonds. The SMILES string of the molecule is CC(C)(Cc1ccc(O)c2ncccc12)[N+](=O)[O-]. The van der Waals surface area contributed by atoms with E-state index in [1.54, 1.807) is 32.2 Å². The average Bonchev–Trinajstić information content (AvgIpc) is 2.33. The largest absolute Gasteiger partial charge is 0.506 e. The Bertz CT molecular complexity index is 608. The molecule has 0 fully saturated rings. The molecular weight excluding hydrogens is 232 g/mol. The molecule has 1 heterocycles. The van der Waals surface area contributed by atoms with Gasteiger partial charge in [-0.25, -0.2) is 0 Å². The molecule has 0 saturated carbocycles. The normalized spacial score (nSPS) is 11.7. The number of benzene rings is 1. The van der Waals surface area contributed by atoms with Crippen LogP contribution in [-0.4, -0.2) is 20.6 Å². The first-order valence-electron chi connectivity index (χ1n) is 5.62. The van der Waals surface area contributed by atoms with Crippen LogP contribution in [0, 0.1) is 10.1 Å². The zero-order valence-electron chi connectivity index (χ0n) is 10.3. The number of hydrogen-bond donors (Lipinski definition) is 1. The molecule has 0 aliphatic carbocycles. The number of nitro groups is 1. The monoisotopic (exact) mass is 246 g/mol. The summed E-state index contributed by atoms with van der Waals surface area (Å²) in [5, 5.41) is 21.4. The number of phenolic OH excluding ortho intramolecular Hbond substituents is 1. The van der Waals surface area contributed by atoms with Crippen LogP contribution in [-0.2, 0) is 6.42 Å². The summed E-state index contributed by atoms with van der Waals surface area (Å²) in [6.07, 6.45) is 1.88. The Morgan fingerprint density at radius 1 is 1.39 bits per heavy atom. The third-order valence-electron chi connectivity index (χ3n) is 2.96. The Hall–Kier alpha value is -2.17. The van der Waals surface area contributed by atoms with Crippen molar-refractivity contribution in [2.24, 2.45) is 0 Å². The van der Waals surface area contributed by atoms with Crippen LogP contribution in [0.2, 0.25) is 0 Å². The fourth-order valence-electron chi connectivity index (χ4n) is 1.90. The third-order valence-corrected chi connectivity index (χ3v) is 2.96. The van der Waals surface area contributed by atoms with Crippen LogP contribution in [0.4, 0.5) is 0 Å². The second-order valence-electron chi connectivity index (χ2n) is 4.89. The van der Waals surface area contributed by atoms with Gasteiger partial charge in [-0.1, -0.05) is 12.1 Å². The van der Waals surface area contributed by atoms with Crippen molar-refractivity contribution in [1.82, 2.24) is 4.98 Å². The molecule has 1 aromatic carbocycles. The highest BCUT2D eigenvalue weighted by Crippen LogP contribution is 2.28. The summed E-state index contributed by atoms with van der Waals surface area (Å²) < 4.78 is 0. The van der Waals surface area contributed by atoms with Crippen molar-refractivity contribution in [3.63, 3.8) is 0 Å². The van der Waals surface area contributed by atoms with Gasteiger partial charge in [0.1, 0.15) is 11.3 Å². The predicted octanol–water partition coefficient (Wildman–Crippen LogP) is 2.54. The predicted molar refractivity (Wildman–Crippen MR) is 68.2 cm³/mol. The fraction of sp³-hybridized carbons (Fsp3) is 0.308. The first-order chi connectivity index (χ1) is 8.42. The summed E-state index contributed by atoms with van der Waals surface area (Å²) >= 11 is 0. The Labute approximate surface area is 104 Å². The van der Waals surface area contributed by atoms with Crippen molar-refractivity contribution in [1.29, 1.82) is 0 Å². The molecule has 0 radical (unpaired) electrons. The minimum absolute atomic E-state index is 0.0910. The van der Waals surface area contributed by atoms with E-state index in [1.807, 2.05) is 6.07 Å². The van der Waals surface area contributed by atoms with E-state index in [0.717, 1.165) is 10.9 Å². The summed E-state index contributed by atoms with van der Waals surface area (Å²) in [5.74, 6) is 0.0910. The lowest BCUT2D eigenvalue weighted by atomic mass is 9.93. The molecule has 0 atom stereocenters. The van der Waals surface area contributed by atoms with Crippen molar-refractivity contribution in [2.45, 2.75) is 25.8 Å². The molecule has 94 valence electrons. The van der Waals surface area contributed by atoms with E-state index < -0.39 is 5.54 Å². The summed E-state index contributed by atoms with van der Waals surface area (Å²) in [4.78, 5) is 14.8. The molecule has 2 aromatic rings. The second-order valence-corrected chi connectivity index (χ2v) is 4.89. The number of phenols is 1. The van der Waals surface area contributed by atoms with Crippen LogP contribution >= 0.6 is 0 Å². The van der Waals surface area contributed by atoms with E-state index in [0.29, 0.717) is 11.9 Å². The van der Waals surface area contributed by atoms with Gasteiger partial charge in [0.05, 0.1) is 0 Å². The highest BCUT2D eigenvalue weighted by molar-refractivity contribution is 5.87. The number of aromatic nitrogens is 1. The molecule has 0 aliphatic heterocycles. The maximum Gasteiger partial charge on any atom is 0.220 e. The molecule has 18 heavy (non-hydrogen) atoms. The summed E-state index contributed by atoms with van der Waals surface area (Å²) in [6.45, 7) is 3.17. The topological polar surface area (TPSA) is 76.3 Å². The molecule has 0 bridgehead atoms. The van der Waals surface area contributed by atoms with E-state index in [2.05, 4.69) is 4.98 Å². The highest BCUT2D eigenvalue weighted by atomic mass is 16.6. The summed E-state index contributed by atoms with van der Waals surface area (Å²) in [7, 11) is 0. The molecule has 5 heteroatoms. The lowest BCUT2D eigenvalue weighted by Crippen LogP contribution is -2.33. The van der Waals surface area contributed by atoms with E-state index in [9.17, 15) is 15.2 Å². The smallest absolute Gasteiger partial charge is 0.220 e. The van der Waals surface area contributed by atoms with Gasteiger partial charge in [-0.15, -0.1) is 0 Å². The van der Waals surface area contributed by atoms with Crippen LogP contribution in [0.5, 0.6) is 5.75 Å². The van der Waals surface area contributed by atoms with Crippen LogP contribution in [0.3, 0.4) is 0 Å². The number of fused-ring (bicyclic) bond motifs is 1. The highest BCUT2D eigenvalue weighted by Gasteiger charge is 2.31. The molecule has 1 N–H and O–H groups in total. The second kappa shape index (κ2) is 4.25. The maximum absolute atomic E-state index is 11.0. The third kappa shape index (κ3) is 2.11. The molecule has 2 rings (SSSR count). The lowest BCUT2D eigenvalue weighted by molar-refractivity contribution is -0.560. The van der Waals surface area contributed by atoms with Crippen LogP contribution in [0.25, 0.3) is 10.9 Å². The van der Waals surface area contributed by atoms with Gasteiger partial charge < -0.3 is 5.11 Å². The van der Waals surface area contributed by atoms with Gasteiger partial charge in [-0.3, -0.25) is 15.1 Å². The van der Waals surface area contributed by atoms with Crippen molar-refractivity contribution in [3.05, 3.63) is 46.1 Å². The molecule has 1 aromatic heterocycles. The molecule has 0 aliphatic rings. The molecule has 0 saturated heterocycles. The standard InChI is InChI=1S/C13H14N2O3/c1-13(2,15(17)18)8-9-5-6-11(16)12-10(9)4-3-7-14-12/h3-7,16H,8H2,1-2H3. The van der Waals surface area contributed by atoms with Gasteiger partial charge in [0.2, 0.25) is 5.54 Å². The summed E-state index contributed by atoms with van der Waals surface area (Å²) in [6, 6.07) is 6.81. The minimum Gasteiger partial charge on any atom is -0.506 e. The number of pyridine rings is 1. The average molecular weight is 246 g/mol. The van der Waals surface area contributed by atoms with Crippen molar-refractivity contribution in [2.75, 3.05) is 0 Å². The Kier molecular flexibility index (Phi) is 2.90. The Morgan fingerprint density at radius 2 is 2.11 bits per heavy atom. The molecule has 5 nitrogen and oxygen atoms in total. The first-order valence-corrected chi connectivity index (χ1v) is 5.62. The maximum atomic E-state index is 11.0. The van der Waals surface area contributed by atoms with E-state index in [1.165, 1.54) is 6.07 Å². The molecule has 0 unspecified atom stereocenters. The zero-order chi connectivity index (χ0) is 13.3. The van der Waals surface area contributed by atoms with Crippen LogP contribution < -0.4 is 0 Å². The quantitative estimate of drug-likeness (QED) is 0.667. The van der Waals surface area contributed by atoms with Gasteiger partial charge in [0.15, 0.2) is 0 Å². The van der Waals surface area contributed by atoms with Crippen LogP contribution in [0.15, 0.2) is 30.5 Å². The Morgan fingerprint density at radius 3 is 2.78 bits per heavy atom. The van der Waals surface area contributed by atoms with Gasteiger partial charge in [0.25, 0.3) is 0 Å². The van der Waals surface area contributed by atoms with Crippen molar-refractivity contribution in [3.8, 4) is 5.75 Å². The van der Waals surface area contributed by atoms with E-state index >= 15 is 0 Å². The van der Waals surface area contributed by atoms with Gasteiger partial charge in [-0.2, -0.15) is 0 Å². The van der Waals surface area contributed by atoms with Crippen molar-refractivity contribution < 1.29 is 10.0 Å². The number of aromatic hydroxyl groups is 1. The van der Waals surface area contributed by atoms with Gasteiger partial charge in [-0.05, 0) is 17.7 Å². The van der Waals surface area contributed by atoms with Gasteiger partial charge in [0, 0.05) is 36.8 Å². The Balaban J connectivity index is 2.53.